The summed E-state index contributed by atoms with van der Waals surface area (Å²) in [5, 5.41) is 19.4. The van der Waals surface area contributed by atoms with Gasteiger partial charge in [0, 0.05) is 12.7 Å². The van der Waals surface area contributed by atoms with Crippen molar-refractivity contribution < 1.29 is 19.4 Å². The van der Waals surface area contributed by atoms with Crippen LogP contribution < -0.4 is 5.32 Å². The second-order valence-electron chi connectivity index (χ2n) is 3.25. The van der Waals surface area contributed by atoms with E-state index in [4.69, 9.17) is 15.1 Å². The molecule has 0 unspecified atom stereocenters. The van der Waals surface area contributed by atoms with Crippen molar-refractivity contribution in [2.45, 2.75) is 0 Å². The number of aliphatic carboxylic acids is 1. The van der Waals surface area contributed by atoms with Crippen molar-refractivity contribution in [1.29, 1.82) is 5.26 Å². The summed E-state index contributed by atoms with van der Waals surface area (Å²) in [7, 11) is 0. The number of carboxylic acids is 1. The van der Waals surface area contributed by atoms with E-state index < -0.39 is 18.5 Å². The zero-order valence-corrected chi connectivity index (χ0v) is 9.42. The summed E-state index contributed by atoms with van der Waals surface area (Å²) in [6, 6.07) is 4.82. The monoisotopic (exact) mass is 249 g/mol. The van der Waals surface area contributed by atoms with Crippen LogP contribution in [-0.2, 0) is 9.53 Å². The molecular weight excluding hydrogens is 238 g/mol. The smallest absolute Gasteiger partial charge is 0.329 e. The van der Waals surface area contributed by atoms with E-state index in [1.807, 2.05) is 6.07 Å². The number of hydrogen-bond donors (Lipinski definition) is 2. The number of rotatable bonds is 6. The fraction of sp³-hybridized carbons (Fsp3) is 0.273. The largest absolute Gasteiger partial charge is 0.480 e. The Morgan fingerprint density at radius 2 is 2.28 bits per heavy atom. The Morgan fingerprint density at radius 3 is 2.83 bits per heavy atom. The molecule has 94 valence electrons. The van der Waals surface area contributed by atoms with Crippen molar-refractivity contribution in [3.05, 3.63) is 29.6 Å². The van der Waals surface area contributed by atoms with E-state index in [-0.39, 0.29) is 18.8 Å². The highest BCUT2D eigenvalue weighted by Crippen LogP contribution is 1.98. The summed E-state index contributed by atoms with van der Waals surface area (Å²) in [5.74, 6) is -1.46. The van der Waals surface area contributed by atoms with Gasteiger partial charge in [0.05, 0.1) is 12.2 Å². The van der Waals surface area contributed by atoms with Crippen molar-refractivity contribution in [2.75, 3.05) is 19.8 Å². The summed E-state index contributed by atoms with van der Waals surface area (Å²) in [4.78, 5) is 25.4. The van der Waals surface area contributed by atoms with E-state index in [9.17, 15) is 9.59 Å². The molecule has 7 nitrogen and oxygen atoms in total. The van der Waals surface area contributed by atoms with Crippen LogP contribution in [0.3, 0.4) is 0 Å². The summed E-state index contributed by atoms with van der Waals surface area (Å²) >= 11 is 0. The summed E-state index contributed by atoms with van der Waals surface area (Å²) < 4.78 is 4.74. The minimum atomic E-state index is -1.06. The molecule has 1 aromatic heterocycles. The molecule has 1 heterocycles. The van der Waals surface area contributed by atoms with Gasteiger partial charge in [-0.1, -0.05) is 0 Å². The molecule has 0 aliphatic heterocycles. The number of pyridine rings is 1. The molecule has 2 N–H and O–H groups in total. The maximum absolute atomic E-state index is 11.5. The number of nitriles is 1. The van der Waals surface area contributed by atoms with E-state index in [1.165, 1.54) is 18.3 Å². The van der Waals surface area contributed by atoms with Gasteiger partial charge in [-0.05, 0) is 12.1 Å². The Balaban J connectivity index is 2.32. The number of nitrogens with zero attached hydrogens (tertiary/aromatic N) is 2. The Morgan fingerprint density at radius 1 is 1.50 bits per heavy atom. The van der Waals surface area contributed by atoms with Gasteiger partial charge in [0.2, 0.25) is 0 Å². The van der Waals surface area contributed by atoms with Crippen molar-refractivity contribution in [1.82, 2.24) is 10.3 Å². The second-order valence-corrected chi connectivity index (χ2v) is 3.25. The molecule has 1 amide bonds. The van der Waals surface area contributed by atoms with Crippen LogP contribution in [0.15, 0.2) is 18.3 Å². The van der Waals surface area contributed by atoms with E-state index in [2.05, 4.69) is 10.3 Å². The number of carboxylic acid groups (broad SMARTS) is 1. The quantitative estimate of drug-likeness (QED) is 0.674. The van der Waals surface area contributed by atoms with E-state index in [0.717, 1.165) is 0 Å². The zero-order valence-electron chi connectivity index (χ0n) is 9.42. The van der Waals surface area contributed by atoms with Crippen LogP contribution in [0.25, 0.3) is 0 Å². The van der Waals surface area contributed by atoms with Crippen molar-refractivity contribution in [2.24, 2.45) is 0 Å². The van der Waals surface area contributed by atoms with Gasteiger partial charge < -0.3 is 15.2 Å². The molecule has 18 heavy (non-hydrogen) atoms. The number of aromatic nitrogens is 1. The first kappa shape index (κ1) is 13.6. The zero-order chi connectivity index (χ0) is 13.4. The van der Waals surface area contributed by atoms with Crippen LogP contribution >= 0.6 is 0 Å². The number of hydrogen-bond acceptors (Lipinski definition) is 5. The topological polar surface area (TPSA) is 112 Å². The molecule has 0 spiro atoms. The minimum absolute atomic E-state index is 0.105. The SMILES string of the molecule is N#Cc1ccc(C(=O)NCCOCC(=O)O)nc1. The third kappa shape index (κ3) is 4.59. The average molecular weight is 249 g/mol. The Kier molecular flexibility index (Phi) is 5.28. The van der Waals surface area contributed by atoms with Crippen LogP contribution in [-0.4, -0.2) is 41.7 Å². The lowest BCUT2D eigenvalue weighted by atomic mass is 10.2. The minimum Gasteiger partial charge on any atom is -0.480 e. The normalized spacial score (nSPS) is 9.50. The number of amides is 1. The molecule has 0 atom stereocenters. The third-order valence-corrected chi connectivity index (χ3v) is 1.88. The van der Waals surface area contributed by atoms with E-state index in [0.29, 0.717) is 5.56 Å². The first-order valence-electron chi connectivity index (χ1n) is 5.07. The van der Waals surface area contributed by atoms with Crippen LogP contribution in [0.5, 0.6) is 0 Å². The lowest BCUT2D eigenvalue weighted by Gasteiger charge is -2.04. The molecule has 0 saturated heterocycles. The average Bonchev–Trinajstić information content (AvgIpc) is 2.38. The van der Waals surface area contributed by atoms with Gasteiger partial charge >= 0.3 is 5.97 Å². The lowest BCUT2D eigenvalue weighted by Crippen LogP contribution is -2.28. The molecule has 0 aromatic carbocycles. The standard InChI is InChI=1S/C11H11N3O4/c12-5-8-1-2-9(14-6-8)11(17)13-3-4-18-7-10(15)16/h1-2,6H,3-4,7H2,(H,13,17)(H,15,16). The van der Waals surface area contributed by atoms with Crippen LogP contribution in [0, 0.1) is 11.3 Å². The van der Waals surface area contributed by atoms with Gasteiger partial charge in [-0.2, -0.15) is 5.26 Å². The number of nitrogens with one attached hydrogen (secondary N) is 1. The fourth-order valence-corrected chi connectivity index (χ4v) is 1.08. The van der Waals surface area contributed by atoms with Gasteiger partial charge in [0.15, 0.2) is 0 Å². The highest BCUT2D eigenvalue weighted by atomic mass is 16.5. The van der Waals surface area contributed by atoms with Crippen molar-refractivity contribution in [3.63, 3.8) is 0 Å². The number of carbonyl (C=O) groups is 2. The van der Waals surface area contributed by atoms with Crippen molar-refractivity contribution in [3.8, 4) is 6.07 Å². The predicted octanol–water partition coefficient (Wildman–Crippen LogP) is -0.216. The Labute approximate surface area is 103 Å². The molecule has 1 rings (SSSR count). The Bertz CT molecular complexity index is 464. The highest BCUT2D eigenvalue weighted by Gasteiger charge is 2.06. The van der Waals surface area contributed by atoms with Gasteiger partial charge in [0.1, 0.15) is 18.4 Å². The van der Waals surface area contributed by atoms with Gasteiger partial charge in [-0.15, -0.1) is 0 Å². The van der Waals surface area contributed by atoms with Gasteiger partial charge in [-0.25, -0.2) is 9.78 Å². The molecule has 0 fully saturated rings. The number of carbonyl (C=O) groups excluding carboxylic acids is 1. The third-order valence-electron chi connectivity index (χ3n) is 1.88. The number of ether oxygens (including phenoxy) is 1. The van der Waals surface area contributed by atoms with Gasteiger partial charge in [0.25, 0.3) is 5.91 Å². The molecule has 0 saturated carbocycles. The second kappa shape index (κ2) is 6.98. The van der Waals surface area contributed by atoms with Crippen molar-refractivity contribution >= 4 is 11.9 Å². The van der Waals surface area contributed by atoms with Crippen LogP contribution in [0.1, 0.15) is 16.1 Å². The maximum Gasteiger partial charge on any atom is 0.329 e. The van der Waals surface area contributed by atoms with Crippen LogP contribution in [0.4, 0.5) is 0 Å². The first-order chi connectivity index (χ1) is 8.63. The van der Waals surface area contributed by atoms with E-state index >= 15 is 0 Å². The first-order valence-corrected chi connectivity index (χ1v) is 5.07. The summed E-state index contributed by atoms with van der Waals surface area (Å²) in [6.07, 6.45) is 1.30. The highest BCUT2D eigenvalue weighted by molar-refractivity contribution is 5.92. The Hall–Kier alpha value is -2.46. The predicted molar refractivity (Wildman–Crippen MR) is 59.7 cm³/mol. The summed E-state index contributed by atoms with van der Waals surface area (Å²) in [6.45, 7) is -0.104. The fourth-order valence-electron chi connectivity index (χ4n) is 1.08. The lowest BCUT2D eigenvalue weighted by molar-refractivity contribution is -0.142. The molecule has 0 aliphatic rings. The summed E-state index contributed by atoms with van der Waals surface area (Å²) in [5.41, 5.74) is 0.559. The molecule has 7 heteroatoms. The molecule has 0 radical (unpaired) electrons. The molecule has 0 bridgehead atoms. The van der Waals surface area contributed by atoms with E-state index in [1.54, 1.807) is 0 Å². The molecule has 0 aliphatic carbocycles. The van der Waals surface area contributed by atoms with Gasteiger partial charge in [-0.3, -0.25) is 4.79 Å². The van der Waals surface area contributed by atoms with Crippen LogP contribution in [0.2, 0.25) is 0 Å². The maximum atomic E-state index is 11.5. The molecule has 1 aromatic rings. The molecular formula is C11H11N3O4.